The van der Waals surface area contributed by atoms with Crippen LogP contribution < -0.4 is 32.5 Å². The average molecular weight is 426 g/mol. The van der Waals surface area contributed by atoms with Crippen molar-refractivity contribution in [1.82, 2.24) is 5.32 Å². The number of carbonyl (C=O) groups excluding carboxylic acids is 2. The number of alkyl halides is 3. The largest absolute Gasteiger partial charge is 0.416 e. The predicted octanol–water partition coefficient (Wildman–Crippen LogP) is 1.62. The Morgan fingerprint density at radius 1 is 1.03 bits per heavy atom. The van der Waals surface area contributed by atoms with Crippen LogP contribution in [0.5, 0.6) is 0 Å². The van der Waals surface area contributed by atoms with Crippen LogP contribution in [0.15, 0.2) is 33.9 Å². The number of nitrogens with one attached hydrogen (secondary N) is 3. The Kier molecular flexibility index (Phi) is 7.19. The summed E-state index contributed by atoms with van der Waals surface area (Å²) >= 11 is 0. The summed E-state index contributed by atoms with van der Waals surface area (Å²) in [4.78, 5) is 45.8. The molecule has 8 nitrogen and oxygen atoms in total. The molecule has 0 aliphatic rings. The quantitative estimate of drug-likeness (QED) is 0.337. The van der Waals surface area contributed by atoms with Gasteiger partial charge in [0.15, 0.2) is 0 Å². The fraction of sp³-hybridized carbons (Fsp3) is 0.368. The van der Waals surface area contributed by atoms with Crippen LogP contribution in [0.25, 0.3) is 0 Å². The first-order valence-corrected chi connectivity index (χ1v) is 9.08. The SMILES string of the molecule is CC(=O)N[C@@H](CCCCNc1c(Nc2ccc(C(F)(F)F)cc2)c(=O)c1=O)C(N)=O. The van der Waals surface area contributed by atoms with Crippen molar-refractivity contribution < 1.29 is 22.8 Å². The van der Waals surface area contributed by atoms with E-state index in [1.807, 2.05) is 0 Å². The molecule has 5 N–H and O–H groups in total. The molecule has 11 heteroatoms. The molecule has 0 saturated heterocycles. The standard InChI is InChI=1S/C19H21F3N4O4/c1-10(27)25-13(18(23)30)4-2-3-9-24-14-15(17(29)16(14)28)26-12-7-5-11(6-8-12)19(20,21)22/h5-8,13,24,26H,2-4,9H2,1H3,(H2,23,30)(H,25,27)/t13-/m0/s1. The lowest BCUT2D eigenvalue weighted by atomic mass is 10.1. The molecule has 162 valence electrons. The molecule has 0 aromatic heterocycles. The van der Waals surface area contributed by atoms with Crippen LogP contribution >= 0.6 is 0 Å². The van der Waals surface area contributed by atoms with Gasteiger partial charge in [-0.3, -0.25) is 19.2 Å². The van der Waals surface area contributed by atoms with Crippen molar-refractivity contribution in [3.8, 4) is 0 Å². The molecule has 0 spiro atoms. The average Bonchev–Trinajstić information content (AvgIpc) is 2.67. The first kappa shape index (κ1) is 22.9. The molecule has 0 aliphatic carbocycles. The second-order valence-corrected chi connectivity index (χ2v) is 6.69. The third-order valence-electron chi connectivity index (χ3n) is 4.33. The second-order valence-electron chi connectivity index (χ2n) is 6.69. The fourth-order valence-electron chi connectivity index (χ4n) is 2.78. The first-order valence-electron chi connectivity index (χ1n) is 9.08. The lowest BCUT2D eigenvalue weighted by molar-refractivity contribution is -0.137. The van der Waals surface area contributed by atoms with Crippen molar-refractivity contribution >= 4 is 28.9 Å². The normalized spacial score (nSPS) is 12.4. The molecule has 0 bridgehead atoms. The van der Waals surface area contributed by atoms with Gasteiger partial charge >= 0.3 is 6.18 Å². The van der Waals surface area contributed by atoms with Crippen molar-refractivity contribution in [3.05, 3.63) is 50.3 Å². The van der Waals surface area contributed by atoms with Gasteiger partial charge in [0, 0.05) is 19.2 Å². The number of primary amides is 1. The number of amides is 2. The molecule has 1 atom stereocenters. The molecular weight excluding hydrogens is 405 g/mol. The van der Waals surface area contributed by atoms with Gasteiger partial charge in [-0.1, -0.05) is 0 Å². The molecule has 0 fully saturated rings. The summed E-state index contributed by atoms with van der Waals surface area (Å²) in [7, 11) is 0. The van der Waals surface area contributed by atoms with Gasteiger partial charge in [-0.15, -0.1) is 0 Å². The van der Waals surface area contributed by atoms with Crippen LogP contribution in [-0.2, 0) is 15.8 Å². The number of unbranched alkanes of at least 4 members (excludes halogenated alkanes) is 1. The molecule has 0 aliphatic heterocycles. The Hall–Kier alpha value is -3.37. The maximum absolute atomic E-state index is 12.6. The minimum absolute atomic E-state index is 0.0204. The Morgan fingerprint density at radius 2 is 1.63 bits per heavy atom. The molecular formula is C19H21F3N4O4. The maximum atomic E-state index is 12.6. The van der Waals surface area contributed by atoms with Crippen molar-refractivity contribution in [1.29, 1.82) is 0 Å². The number of hydrogen-bond donors (Lipinski definition) is 4. The second kappa shape index (κ2) is 9.42. The first-order chi connectivity index (χ1) is 14.0. The van der Waals surface area contributed by atoms with E-state index < -0.39 is 34.5 Å². The van der Waals surface area contributed by atoms with E-state index in [1.54, 1.807) is 0 Å². The van der Waals surface area contributed by atoms with E-state index in [1.165, 1.54) is 6.92 Å². The Morgan fingerprint density at radius 3 is 2.17 bits per heavy atom. The summed E-state index contributed by atoms with van der Waals surface area (Å²) in [6, 6.07) is 3.27. The Bertz CT molecular complexity index is 979. The molecule has 2 amide bonds. The minimum Gasteiger partial charge on any atom is -0.380 e. The van der Waals surface area contributed by atoms with Crippen molar-refractivity contribution in [2.45, 2.75) is 38.4 Å². The Labute approximate surface area is 169 Å². The molecule has 0 radical (unpaired) electrons. The zero-order valence-corrected chi connectivity index (χ0v) is 16.1. The van der Waals surface area contributed by atoms with Gasteiger partial charge in [-0.05, 0) is 43.5 Å². The summed E-state index contributed by atoms with van der Waals surface area (Å²) < 4.78 is 37.8. The van der Waals surface area contributed by atoms with Crippen LogP contribution in [0, 0.1) is 0 Å². The van der Waals surface area contributed by atoms with Crippen LogP contribution in [0.4, 0.5) is 30.2 Å². The van der Waals surface area contributed by atoms with Gasteiger partial charge < -0.3 is 21.7 Å². The van der Waals surface area contributed by atoms with Gasteiger partial charge in [0.2, 0.25) is 11.8 Å². The van der Waals surface area contributed by atoms with Crippen LogP contribution in [0.3, 0.4) is 0 Å². The highest BCUT2D eigenvalue weighted by Gasteiger charge is 2.30. The predicted molar refractivity (Wildman–Crippen MR) is 105 cm³/mol. The molecule has 2 aromatic carbocycles. The number of rotatable bonds is 10. The van der Waals surface area contributed by atoms with E-state index in [0.29, 0.717) is 25.8 Å². The van der Waals surface area contributed by atoms with Gasteiger partial charge in [-0.2, -0.15) is 13.2 Å². The van der Waals surface area contributed by atoms with E-state index in [9.17, 15) is 32.3 Å². The number of halogens is 3. The van der Waals surface area contributed by atoms with Crippen molar-refractivity contribution in [2.75, 3.05) is 17.2 Å². The van der Waals surface area contributed by atoms with Gasteiger partial charge in [-0.25, -0.2) is 0 Å². The van der Waals surface area contributed by atoms with Crippen LogP contribution in [0.1, 0.15) is 31.7 Å². The van der Waals surface area contributed by atoms with E-state index in [0.717, 1.165) is 24.3 Å². The Balaban J connectivity index is 1.89. The highest BCUT2D eigenvalue weighted by molar-refractivity contribution is 5.85. The molecule has 2 rings (SSSR count). The van der Waals surface area contributed by atoms with E-state index >= 15 is 0 Å². The van der Waals surface area contributed by atoms with Crippen molar-refractivity contribution in [3.63, 3.8) is 0 Å². The molecule has 30 heavy (non-hydrogen) atoms. The monoisotopic (exact) mass is 426 g/mol. The van der Waals surface area contributed by atoms with E-state index in [2.05, 4.69) is 16.0 Å². The molecule has 2 aromatic rings. The summed E-state index contributed by atoms with van der Waals surface area (Å²) in [5.74, 6) is -1.02. The van der Waals surface area contributed by atoms with Gasteiger partial charge in [0.05, 0.1) is 5.56 Å². The van der Waals surface area contributed by atoms with Crippen LogP contribution in [-0.4, -0.2) is 24.4 Å². The number of hydrogen-bond acceptors (Lipinski definition) is 6. The summed E-state index contributed by atoms with van der Waals surface area (Å²) in [5, 5.41) is 7.91. The molecule has 0 saturated carbocycles. The van der Waals surface area contributed by atoms with E-state index in [4.69, 9.17) is 5.73 Å². The zero-order chi connectivity index (χ0) is 22.5. The lowest BCUT2D eigenvalue weighted by Gasteiger charge is -2.16. The van der Waals surface area contributed by atoms with Crippen molar-refractivity contribution in [2.24, 2.45) is 5.73 Å². The molecule has 0 unspecified atom stereocenters. The fourth-order valence-corrected chi connectivity index (χ4v) is 2.78. The molecule has 0 heterocycles. The third kappa shape index (κ3) is 5.82. The van der Waals surface area contributed by atoms with E-state index in [-0.39, 0.29) is 23.0 Å². The maximum Gasteiger partial charge on any atom is 0.416 e. The minimum atomic E-state index is -4.47. The smallest absolute Gasteiger partial charge is 0.380 e. The topological polar surface area (TPSA) is 130 Å². The number of benzene rings is 1. The van der Waals surface area contributed by atoms with Crippen LogP contribution in [0.2, 0.25) is 0 Å². The highest BCUT2D eigenvalue weighted by Crippen LogP contribution is 2.30. The summed E-state index contributed by atoms with van der Waals surface area (Å²) in [6.07, 6.45) is -3.13. The summed E-state index contributed by atoms with van der Waals surface area (Å²) in [5.41, 5.74) is 3.15. The third-order valence-corrected chi connectivity index (χ3v) is 4.33. The number of nitrogens with two attached hydrogens (primary N) is 1. The van der Waals surface area contributed by atoms with Gasteiger partial charge in [0.25, 0.3) is 10.9 Å². The zero-order valence-electron chi connectivity index (χ0n) is 16.1. The van der Waals surface area contributed by atoms with Gasteiger partial charge in [0.1, 0.15) is 17.4 Å². The highest BCUT2D eigenvalue weighted by atomic mass is 19.4. The number of anilines is 3. The number of carbonyl (C=O) groups is 2. The lowest BCUT2D eigenvalue weighted by Crippen LogP contribution is -2.43. The summed E-state index contributed by atoms with van der Waals surface area (Å²) in [6.45, 7) is 1.58.